The Labute approximate surface area is 203 Å². The van der Waals surface area contributed by atoms with Crippen LogP contribution in [-0.2, 0) is 11.2 Å². The number of amides is 1. The van der Waals surface area contributed by atoms with Crippen molar-refractivity contribution in [3.8, 4) is 17.1 Å². The molecule has 1 aliphatic heterocycles. The number of hydrogen-bond acceptors (Lipinski definition) is 6. The molecule has 1 saturated heterocycles. The molecular formula is C26H28FN5O3. The summed E-state index contributed by atoms with van der Waals surface area (Å²) in [4.78, 5) is 31.9. The first-order valence-corrected chi connectivity index (χ1v) is 11.6. The molecule has 1 aromatic heterocycles. The summed E-state index contributed by atoms with van der Waals surface area (Å²) in [5.74, 6) is 0.714. The van der Waals surface area contributed by atoms with Crippen molar-refractivity contribution in [3.63, 3.8) is 0 Å². The van der Waals surface area contributed by atoms with Gasteiger partial charge in [-0.05, 0) is 42.8 Å². The number of piperazine rings is 1. The van der Waals surface area contributed by atoms with Crippen LogP contribution in [0.2, 0.25) is 0 Å². The molecule has 0 atom stereocenters. The zero-order chi connectivity index (χ0) is 24.6. The van der Waals surface area contributed by atoms with Crippen molar-refractivity contribution >= 4 is 11.6 Å². The van der Waals surface area contributed by atoms with E-state index in [1.165, 1.54) is 12.1 Å². The molecule has 9 heteroatoms. The van der Waals surface area contributed by atoms with E-state index in [1.54, 1.807) is 29.2 Å². The number of aromatic nitrogens is 3. The van der Waals surface area contributed by atoms with Gasteiger partial charge in [0.1, 0.15) is 17.3 Å². The smallest absolute Gasteiger partial charge is 0.273 e. The van der Waals surface area contributed by atoms with E-state index in [1.807, 2.05) is 18.2 Å². The number of aromatic amines is 1. The zero-order valence-electron chi connectivity index (χ0n) is 19.5. The molecule has 0 radical (unpaired) electrons. The Morgan fingerprint density at radius 2 is 1.89 bits per heavy atom. The Bertz CT molecular complexity index is 1220. The molecule has 0 aliphatic carbocycles. The fourth-order valence-electron chi connectivity index (χ4n) is 3.90. The van der Waals surface area contributed by atoms with Crippen LogP contribution in [-0.4, -0.2) is 58.8 Å². The van der Waals surface area contributed by atoms with Gasteiger partial charge in [0, 0.05) is 50.3 Å². The predicted octanol–water partition coefficient (Wildman–Crippen LogP) is 3.21. The molecule has 2 aromatic carbocycles. The highest BCUT2D eigenvalue weighted by atomic mass is 19.1. The van der Waals surface area contributed by atoms with Crippen LogP contribution in [0.1, 0.15) is 18.5 Å². The number of nitrogens with one attached hydrogen (secondary N) is 1. The zero-order valence-corrected chi connectivity index (χ0v) is 19.5. The number of benzene rings is 2. The van der Waals surface area contributed by atoms with Crippen LogP contribution in [0.25, 0.3) is 11.4 Å². The Morgan fingerprint density at radius 3 is 2.60 bits per heavy atom. The maximum atomic E-state index is 13.1. The number of carbonyl (C=O) groups is 1. The van der Waals surface area contributed by atoms with Crippen molar-refractivity contribution in [2.75, 3.05) is 37.7 Å². The maximum Gasteiger partial charge on any atom is 0.273 e. The van der Waals surface area contributed by atoms with Crippen molar-refractivity contribution in [2.24, 2.45) is 0 Å². The minimum atomic E-state index is -0.359. The minimum Gasteiger partial charge on any atom is -0.493 e. The molecule has 182 valence electrons. The van der Waals surface area contributed by atoms with Gasteiger partial charge in [-0.3, -0.25) is 9.59 Å². The molecule has 3 aromatic rings. The molecule has 8 nitrogen and oxygen atoms in total. The second kappa shape index (κ2) is 11.4. The van der Waals surface area contributed by atoms with Gasteiger partial charge in [-0.15, -0.1) is 16.8 Å². The fraction of sp³-hybridized carbons (Fsp3) is 0.308. The van der Waals surface area contributed by atoms with E-state index in [4.69, 9.17) is 4.74 Å². The molecule has 35 heavy (non-hydrogen) atoms. The number of ether oxygens (including phenoxy) is 1. The molecule has 1 N–H and O–H groups in total. The van der Waals surface area contributed by atoms with Crippen LogP contribution in [0.3, 0.4) is 0 Å². The highest BCUT2D eigenvalue weighted by Gasteiger charge is 2.21. The lowest BCUT2D eigenvalue weighted by molar-refractivity contribution is -0.131. The highest BCUT2D eigenvalue weighted by molar-refractivity contribution is 5.76. The van der Waals surface area contributed by atoms with Gasteiger partial charge in [0.25, 0.3) is 5.56 Å². The van der Waals surface area contributed by atoms with Crippen LogP contribution in [0.15, 0.2) is 66.0 Å². The number of H-pyrrole nitrogens is 1. The number of nitrogens with zero attached hydrogens (tertiary/aromatic N) is 4. The van der Waals surface area contributed by atoms with E-state index in [-0.39, 0.29) is 35.8 Å². The van der Waals surface area contributed by atoms with Gasteiger partial charge in [0.2, 0.25) is 5.91 Å². The third-order valence-corrected chi connectivity index (χ3v) is 5.86. The molecule has 0 bridgehead atoms. The third kappa shape index (κ3) is 6.32. The molecule has 0 unspecified atom stereocenters. The molecule has 0 spiro atoms. The largest absolute Gasteiger partial charge is 0.493 e. The fourth-order valence-corrected chi connectivity index (χ4v) is 3.90. The predicted molar refractivity (Wildman–Crippen MR) is 132 cm³/mol. The average molecular weight is 478 g/mol. The third-order valence-electron chi connectivity index (χ3n) is 5.86. The molecule has 1 fully saturated rings. The number of hydrogen-bond donors (Lipinski definition) is 1. The Balaban J connectivity index is 1.30. The Kier molecular flexibility index (Phi) is 7.87. The maximum absolute atomic E-state index is 13.1. The van der Waals surface area contributed by atoms with Crippen molar-refractivity contribution in [1.29, 1.82) is 0 Å². The number of aryl methyl sites for hydroxylation is 1. The summed E-state index contributed by atoms with van der Waals surface area (Å²) >= 11 is 0. The van der Waals surface area contributed by atoms with Gasteiger partial charge in [-0.25, -0.2) is 4.39 Å². The lowest BCUT2D eigenvalue weighted by Gasteiger charge is -2.36. The SMILES string of the molecule is C=CCCOc1cccc(-c2nnc(CCC(=O)N3CCN(c4ccc(F)cc4)CC3)c(=O)[nH]2)c1. The monoisotopic (exact) mass is 477 g/mol. The van der Waals surface area contributed by atoms with Gasteiger partial charge >= 0.3 is 0 Å². The number of rotatable bonds is 9. The van der Waals surface area contributed by atoms with Crippen LogP contribution in [0.4, 0.5) is 10.1 Å². The summed E-state index contributed by atoms with van der Waals surface area (Å²) in [6.07, 6.45) is 2.91. The van der Waals surface area contributed by atoms with E-state index in [0.717, 1.165) is 12.1 Å². The summed E-state index contributed by atoms with van der Waals surface area (Å²) < 4.78 is 18.8. The molecule has 4 rings (SSSR count). The Hall–Kier alpha value is -4.01. The van der Waals surface area contributed by atoms with E-state index in [2.05, 4.69) is 26.7 Å². The van der Waals surface area contributed by atoms with Crippen molar-refractivity contribution in [1.82, 2.24) is 20.1 Å². The van der Waals surface area contributed by atoms with E-state index >= 15 is 0 Å². The molecule has 2 heterocycles. The number of carbonyl (C=O) groups excluding carboxylic acids is 1. The van der Waals surface area contributed by atoms with Gasteiger partial charge in [0.05, 0.1) is 6.61 Å². The molecule has 1 amide bonds. The lowest BCUT2D eigenvalue weighted by atomic mass is 10.2. The van der Waals surface area contributed by atoms with Crippen LogP contribution in [0.5, 0.6) is 5.75 Å². The summed E-state index contributed by atoms with van der Waals surface area (Å²) in [5, 5.41) is 8.23. The number of anilines is 1. The van der Waals surface area contributed by atoms with Gasteiger partial charge in [0.15, 0.2) is 5.82 Å². The molecule has 1 aliphatic rings. The first-order chi connectivity index (χ1) is 17.0. The molecule has 0 saturated carbocycles. The quantitative estimate of drug-likeness (QED) is 0.376. The van der Waals surface area contributed by atoms with Crippen molar-refractivity contribution in [2.45, 2.75) is 19.3 Å². The van der Waals surface area contributed by atoms with E-state index in [0.29, 0.717) is 49.9 Å². The van der Waals surface area contributed by atoms with Gasteiger partial charge < -0.3 is 19.5 Å². The minimum absolute atomic E-state index is 0.0293. The summed E-state index contributed by atoms with van der Waals surface area (Å²) in [6, 6.07) is 13.6. The van der Waals surface area contributed by atoms with E-state index < -0.39 is 0 Å². The number of halogens is 1. The Morgan fingerprint density at radius 1 is 1.11 bits per heavy atom. The molecular weight excluding hydrogens is 449 g/mol. The van der Waals surface area contributed by atoms with Crippen LogP contribution >= 0.6 is 0 Å². The summed E-state index contributed by atoms with van der Waals surface area (Å²) in [6.45, 7) is 6.67. The summed E-state index contributed by atoms with van der Waals surface area (Å²) in [7, 11) is 0. The second-order valence-electron chi connectivity index (χ2n) is 8.25. The normalized spacial score (nSPS) is 13.5. The van der Waals surface area contributed by atoms with Gasteiger partial charge in [-0.2, -0.15) is 0 Å². The topological polar surface area (TPSA) is 91.4 Å². The van der Waals surface area contributed by atoms with Gasteiger partial charge in [-0.1, -0.05) is 18.2 Å². The standard InChI is InChI=1S/C26H28FN5O3/c1-2-3-17-35-22-6-4-5-19(18-22)25-28-26(34)23(29-30-25)11-12-24(33)32-15-13-31(14-16-32)21-9-7-20(27)8-10-21/h2,4-10,18H,1,3,11-17H2,(H,28,30,34). The average Bonchev–Trinajstić information content (AvgIpc) is 2.89. The first-order valence-electron chi connectivity index (χ1n) is 11.6. The van der Waals surface area contributed by atoms with Crippen LogP contribution in [0, 0.1) is 5.82 Å². The first kappa shape index (κ1) is 24.1. The summed E-state index contributed by atoms with van der Waals surface area (Å²) in [5.41, 5.74) is 1.49. The lowest BCUT2D eigenvalue weighted by Crippen LogP contribution is -2.48. The van der Waals surface area contributed by atoms with Crippen LogP contribution < -0.4 is 15.2 Å². The van der Waals surface area contributed by atoms with E-state index in [9.17, 15) is 14.0 Å². The second-order valence-corrected chi connectivity index (χ2v) is 8.25. The van der Waals surface area contributed by atoms with Crippen molar-refractivity contribution in [3.05, 3.63) is 83.1 Å². The highest BCUT2D eigenvalue weighted by Crippen LogP contribution is 2.20. The van der Waals surface area contributed by atoms with Crippen molar-refractivity contribution < 1.29 is 13.9 Å².